The monoisotopic (exact) mass is 327 g/mol. The lowest BCUT2D eigenvalue weighted by Gasteiger charge is -2.30. The first-order chi connectivity index (χ1) is 11.7. The zero-order chi connectivity index (χ0) is 16.5. The summed E-state index contributed by atoms with van der Waals surface area (Å²) >= 11 is 0. The summed E-state index contributed by atoms with van der Waals surface area (Å²) in [4.78, 5) is 23.6. The summed E-state index contributed by atoms with van der Waals surface area (Å²) in [5.41, 5.74) is 1.85. The Morgan fingerprint density at radius 2 is 2.12 bits per heavy atom. The molecule has 0 bridgehead atoms. The van der Waals surface area contributed by atoms with E-state index in [4.69, 9.17) is 9.47 Å². The van der Waals surface area contributed by atoms with E-state index in [1.807, 2.05) is 18.2 Å². The number of carbonyl (C=O) groups excluding carboxylic acids is 2. The Labute approximate surface area is 138 Å². The first-order valence-electron chi connectivity index (χ1n) is 8.00. The van der Waals surface area contributed by atoms with Gasteiger partial charge in [-0.25, -0.2) is 0 Å². The minimum Gasteiger partial charge on any atom is -0.454 e. The quantitative estimate of drug-likeness (QED) is 0.918. The lowest BCUT2D eigenvalue weighted by atomic mass is 9.86. The smallest absolute Gasteiger partial charge is 0.287 e. The lowest BCUT2D eigenvalue weighted by molar-refractivity contribution is -0.121. The van der Waals surface area contributed by atoms with Gasteiger partial charge in [-0.2, -0.15) is 5.11 Å². The van der Waals surface area contributed by atoms with Crippen LogP contribution in [0.3, 0.4) is 0 Å². The summed E-state index contributed by atoms with van der Waals surface area (Å²) in [5.74, 6) is 1.04. The van der Waals surface area contributed by atoms with E-state index in [9.17, 15) is 9.59 Å². The largest absolute Gasteiger partial charge is 0.454 e. The SMILES string of the molecule is O=C1C=C2CC(NC(=O)Cc3ccc4c(c3)OCO4)CCC2N=N1. The van der Waals surface area contributed by atoms with Crippen LogP contribution in [0.25, 0.3) is 0 Å². The lowest BCUT2D eigenvalue weighted by Crippen LogP contribution is -2.40. The van der Waals surface area contributed by atoms with Crippen molar-refractivity contribution >= 4 is 11.8 Å². The van der Waals surface area contributed by atoms with Gasteiger partial charge in [0.05, 0.1) is 12.5 Å². The Balaban J connectivity index is 1.36. The van der Waals surface area contributed by atoms with E-state index in [0.717, 1.165) is 24.0 Å². The summed E-state index contributed by atoms with van der Waals surface area (Å²) in [6.45, 7) is 0.222. The zero-order valence-electron chi connectivity index (χ0n) is 13.0. The third-order valence-corrected chi connectivity index (χ3v) is 4.47. The minimum absolute atomic E-state index is 0.00436. The van der Waals surface area contributed by atoms with Crippen molar-refractivity contribution in [1.29, 1.82) is 0 Å². The fourth-order valence-electron chi connectivity index (χ4n) is 3.31. The summed E-state index contributed by atoms with van der Waals surface area (Å²) in [6, 6.07) is 5.56. The molecule has 24 heavy (non-hydrogen) atoms. The molecule has 3 aliphatic rings. The number of azo groups is 1. The zero-order valence-corrected chi connectivity index (χ0v) is 13.0. The first-order valence-corrected chi connectivity index (χ1v) is 8.00. The van der Waals surface area contributed by atoms with Crippen LogP contribution in [0.4, 0.5) is 0 Å². The number of nitrogens with zero attached hydrogens (tertiary/aromatic N) is 2. The molecule has 1 aromatic rings. The number of fused-ring (bicyclic) bond motifs is 2. The van der Waals surface area contributed by atoms with Crippen LogP contribution in [-0.4, -0.2) is 30.7 Å². The average Bonchev–Trinajstić information content (AvgIpc) is 3.02. The van der Waals surface area contributed by atoms with Gasteiger partial charge in [0.25, 0.3) is 5.91 Å². The maximum absolute atomic E-state index is 12.3. The van der Waals surface area contributed by atoms with Gasteiger partial charge in [0, 0.05) is 12.1 Å². The van der Waals surface area contributed by atoms with Crippen LogP contribution >= 0.6 is 0 Å². The molecule has 1 aliphatic carbocycles. The molecule has 1 aromatic carbocycles. The van der Waals surface area contributed by atoms with E-state index >= 15 is 0 Å². The fourth-order valence-corrected chi connectivity index (χ4v) is 3.31. The molecule has 0 radical (unpaired) electrons. The second-order valence-electron chi connectivity index (χ2n) is 6.20. The third-order valence-electron chi connectivity index (χ3n) is 4.47. The number of carbonyl (C=O) groups is 2. The fraction of sp³-hybridized carbons (Fsp3) is 0.412. The highest BCUT2D eigenvalue weighted by atomic mass is 16.7. The van der Waals surface area contributed by atoms with E-state index in [1.165, 1.54) is 0 Å². The molecule has 0 spiro atoms. The molecule has 2 atom stereocenters. The summed E-state index contributed by atoms with van der Waals surface area (Å²) in [5, 5.41) is 10.6. The molecule has 1 fully saturated rings. The van der Waals surface area contributed by atoms with Crippen LogP contribution in [0.5, 0.6) is 11.5 Å². The number of ether oxygens (including phenoxy) is 2. The highest BCUT2D eigenvalue weighted by Gasteiger charge is 2.29. The van der Waals surface area contributed by atoms with Gasteiger partial charge in [-0.1, -0.05) is 6.07 Å². The van der Waals surface area contributed by atoms with Crippen LogP contribution in [0.2, 0.25) is 0 Å². The summed E-state index contributed by atoms with van der Waals surface area (Å²) in [6.07, 6.45) is 4.13. The molecule has 2 heterocycles. The molecular formula is C17H17N3O4. The number of hydrogen-bond donors (Lipinski definition) is 1. The standard InChI is InChI=1S/C17H17N3O4/c21-16(6-10-1-4-14-15(5-10)24-9-23-14)18-12-2-3-13-11(7-12)8-17(22)20-19-13/h1,4-5,8,12-13H,2-3,6-7,9H2,(H,18,21). The molecule has 4 rings (SSSR count). The van der Waals surface area contributed by atoms with Crippen molar-refractivity contribution in [1.82, 2.24) is 5.32 Å². The van der Waals surface area contributed by atoms with E-state index < -0.39 is 0 Å². The Morgan fingerprint density at radius 3 is 3.04 bits per heavy atom. The third kappa shape index (κ3) is 3.02. The van der Waals surface area contributed by atoms with E-state index in [-0.39, 0.29) is 37.1 Å². The minimum atomic E-state index is -0.311. The molecule has 0 aromatic heterocycles. The number of benzene rings is 1. The molecule has 2 amide bonds. The topological polar surface area (TPSA) is 89.4 Å². The normalized spacial score (nSPS) is 24.3. The van der Waals surface area contributed by atoms with Crippen molar-refractivity contribution in [2.75, 3.05) is 6.79 Å². The van der Waals surface area contributed by atoms with Crippen LogP contribution in [0, 0.1) is 0 Å². The van der Waals surface area contributed by atoms with Gasteiger partial charge < -0.3 is 14.8 Å². The maximum atomic E-state index is 12.3. The Hall–Kier alpha value is -2.70. The van der Waals surface area contributed by atoms with Crippen LogP contribution in [-0.2, 0) is 16.0 Å². The molecule has 2 unspecified atom stereocenters. The second kappa shape index (κ2) is 6.07. The molecule has 1 N–H and O–H groups in total. The van der Waals surface area contributed by atoms with Crippen molar-refractivity contribution in [2.45, 2.75) is 37.8 Å². The molecule has 7 nitrogen and oxygen atoms in total. The average molecular weight is 327 g/mol. The Kier molecular flexibility index (Phi) is 3.76. The highest BCUT2D eigenvalue weighted by molar-refractivity contribution is 5.89. The number of hydrogen-bond acceptors (Lipinski definition) is 5. The van der Waals surface area contributed by atoms with Crippen molar-refractivity contribution < 1.29 is 19.1 Å². The number of nitrogens with one attached hydrogen (secondary N) is 1. The first kappa shape index (κ1) is 14.9. The van der Waals surface area contributed by atoms with Gasteiger partial charge in [-0.3, -0.25) is 9.59 Å². The second-order valence-corrected chi connectivity index (χ2v) is 6.20. The Bertz CT molecular complexity index is 756. The van der Waals surface area contributed by atoms with E-state index in [0.29, 0.717) is 17.9 Å². The van der Waals surface area contributed by atoms with Gasteiger partial charge in [-0.05, 0) is 42.5 Å². The van der Waals surface area contributed by atoms with E-state index in [1.54, 1.807) is 6.08 Å². The van der Waals surface area contributed by atoms with Gasteiger partial charge in [0.15, 0.2) is 11.5 Å². The molecule has 2 aliphatic heterocycles. The Morgan fingerprint density at radius 1 is 1.25 bits per heavy atom. The maximum Gasteiger partial charge on any atom is 0.287 e. The van der Waals surface area contributed by atoms with Crippen molar-refractivity contribution in [3.63, 3.8) is 0 Å². The van der Waals surface area contributed by atoms with Gasteiger partial charge in [0.1, 0.15) is 0 Å². The van der Waals surface area contributed by atoms with Gasteiger partial charge >= 0.3 is 0 Å². The molecular weight excluding hydrogens is 310 g/mol. The van der Waals surface area contributed by atoms with Crippen LogP contribution < -0.4 is 14.8 Å². The van der Waals surface area contributed by atoms with Crippen LogP contribution in [0.15, 0.2) is 40.1 Å². The molecule has 124 valence electrons. The number of amides is 2. The van der Waals surface area contributed by atoms with Crippen molar-refractivity contribution in [3.8, 4) is 11.5 Å². The molecule has 7 heteroatoms. The van der Waals surface area contributed by atoms with Gasteiger partial charge in [0.2, 0.25) is 12.7 Å². The highest BCUT2D eigenvalue weighted by Crippen LogP contribution is 2.33. The van der Waals surface area contributed by atoms with Crippen molar-refractivity contribution in [3.05, 3.63) is 35.4 Å². The summed E-state index contributed by atoms with van der Waals surface area (Å²) in [7, 11) is 0. The number of rotatable bonds is 3. The van der Waals surface area contributed by atoms with E-state index in [2.05, 4.69) is 15.5 Å². The summed E-state index contributed by atoms with van der Waals surface area (Å²) < 4.78 is 10.6. The van der Waals surface area contributed by atoms with Crippen LogP contribution in [0.1, 0.15) is 24.8 Å². The van der Waals surface area contributed by atoms with Gasteiger partial charge in [-0.15, -0.1) is 5.11 Å². The predicted molar refractivity (Wildman–Crippen MR) is 83.8 cm³/mol. The molecule has 0 saturated heterocycles. The molecule has 1 saturated carbocycles. The van der Waals surface area contributed by atoms with Crippen molar-refractivity contribution in [2.24, 2.45) is 10.2 Å². The predicted octanol–water partition coefficient (Wildman–Crippen LogP) is 1.91.